The van der Waals surface area contributed by atoms with Crippen LogP contribution in [0.3, 0.4) is 0 Å². The maximum atomic E-state index is 11.3. The van der Waals surface area contributed by atoms with Crippen LogP contribution in [0.25, 0.3) is 0 Å². The summed E-state index contributed by atoms with van der Waals surface area (Å²) in [6, 6.07) is 18.0. The van der Waals surface area contributed by atoms with Gasteiger partial charge in [0, 0.05) is 30.2 Å². The summed E-state index contributed by atoms with van der Waals surface area (Å²) >= 11 is 0. The van der Waals surface area contributed by atoms with Crippen LogP contribution >= 0.6 is 0 Å². The number of nitro benzene ring substituents is 1. The van der Waals surface area contributed by atoms with Crippen molar-refractivity contribution < 1.29 is 4.92 Å². The number of para-hydroxylation sites is 2. The molecule has 2 fully saturated rings. The first-order valence-corrected chi connectivity index (χ1v) is 10.0. The summed E-state index contributed by atoms with van der Waals surface area (Å²) in [6.07, 6.45) is 7.01. The third-order valence-corrected chi connectivity index (χ3v) is 6.70. The molecule has 5 nitrogen and oxygen atoms in total. The van der Waals surface area contributed by atoms with E-state index in [4.69, 9.17) is 0 Å². The number of piperidine rings is 1. The zero-order chi connectivity index (χ0) is 18.4. The van der Waals surface area contributed by atoms with Crippen LogP contribution in [0.4, 0.5) is 11.4 Å². The van der Waals surface area contributed by atoms with Crippen LogP contribution in [0.15, 0.2) is 48.5 Å². The molecule has 0 aromatic heterocycles. The Hall–Kier alpha value is -2.40. The molecule has 2 saturated heterocycles. The molecule has 2 aromatic carbocycles. The molecule has 0 amide bonds. The van der Waals surface area contributed by atoms with Crippen LogP contribution in [0.5, 0.6) is 0 Å². The molecule has 1 aliphatic carbocycles. The Morgan fingerprint density at radius 2 is 1.48 bits per heavy atom. The number of fused-ring (bicyclic) bond motifs is 3. The first-order chi connectivity index (χ1) is 13.2. The fraction of sp³-hybridized carbons (Fsp3) is 0.455. The van der Waals surface area contributed by atoms with Crippen molar-refractivity contribution in [1.82, 2.24) is 4.90 Å². The maximum Gasteiger partial charge on any atom is 0.292 e. The molecule has 140 valence electrons. The Labute approximate surface area is 159 Å². The van der Waals surface area contributed by atoms with Gasteiger partial charge in [0.15, 0.2) is 0 Å². The molecule has 2 heterocycles. The highest BCUT2D eigenvalue weighted by Crippen LogP contribution is 2.41. The Morgan fingerprint density at radius 1 is 0.889 bits per heavy atom. The van der Waals surface area contributed by atoms with E-state index in [9.17, 15) is 10.1 Å². The molecule has 0 spiro atoms. The monoisotopic (exact) mass is 363 g/mol. The highest BCUT2D eigenvalue weighted by atomic mass is 16.6. The van der Waals surface area contributed by atoms with E-state index in [1.54, 1.807) is 12.1 Å². The summed E-state index contributed by atoms with van der Waals surface area (Å²) in [6.45, 7) is 0. The zero-order valence-electron chi connectivity index (χ0n) is 15.4. The third-order valence-electron chi connectivity index (χ3n) is 6.70. The van der Waals surface area contributed by atoms with Gasteiger partial charge in [0.2, 0.25) is 0 Å². The number of benzene rings is 2. The normalized spacial score (nSPS) is 27.5. The second-order valence-corrected chi connectivity index (χ2v) is 8.25. The number of nitrogens with one attached hydrogen (secondary N) is 1. The number of rotatable bonds is 4. The number of nitrogens with zero attached hydrogens (tertiary/aromatic N) is 2. The lowest BCUT2D eigenvalue weighted by atomic mass is 9.94. The zero-order valence-corrected chi connectivity index (χ0v) is 15.4. The molecule has 0 radical (unpaired) electrons. The minimum absolute atomic E-state index is 0.179. The molecule has 27 heavy (non-hydrogen) atoms. The van der Waals surface area contributed by atoms with Crippen molar-refractivity contribution in [3.05, 3.63) is 69.8 Å². The summed E-state index contributed by atoms with van der Waals surface area (Å²) in [5.41, 5.74) is 3.87. The summed E-state index contributed by atoms with van der Waals surface area (Å²) in [5.74, 6) is 0. The third kappa shape index (κ3) is 3.00. The average Bonchev–Trinajstić information content (AvgIpc) is 3.20. The second kappa shape index (κ2) is 6.64. The molecule has 2 bridgehead atoms. The van der Waals surface area contributed by atoms with Crippen molar-refractivity contribution in [2.24, 2.45) is 0 Å². The van der Waals surface area contributed by atoms with Crippen molar-refractivity contribution in [2.75, 3.05) is 5.32 Å². The molecular weight excluding hydrogens is 338 g/mol. The molecule has 1 unspecified atom stereocenters. The molecule has 0 saturated carbocycles. The minimum Gasteiger partial charge on any atom is -0.377 e. The van der Waals surface area contributed by atoms with Gasteiger partial charge in [-0.05, 0) is 55.7 Å². The fourth-order valence-corrected chi connectivity index (χ4v) is 5.65. The quantitative estimate of drug-likeness (QED) is 0.654. The van der Waals surface area contributed by atoms with E-state index in [1.807, 2.05) is 12.1 Å². The molecule has 3 atom stereocenters. The fourth-order valence-electron chi connectivity index (χ4n) is 5.65. The molecule has 5 rings (SSSR count). The van der Waals surface area contributed by atoms with Gasteiger partial charge in [0.1, 0.15) is 5.69 Å². The predicted octanol–water partition coefficient (Wildman–Crippen LogP) is 4.17. The lowest BCUT2D eigenvalue weighted by Gasteiger charge is -2.43. The van der Waals surface area contributed by atoms with Gasteiger partial charge in [-0.2, -0.15) is 0 Å². The summed E-state index contributed by atoms with van der Waals surface area (Å²) in [5, 5.41) is 14.8. The van der Waals surface area contributed by atoms with Crippen LogP contribution < -0.4 is 5.32 Å². The summed E-state index contributed by atoms with van der Waals surface area (Å²) in [7, 11) is 0. The largest absolute Gasteiger partial charge is 0.377 e. The van der Waals surface area contributed by atoms with Crippen molar-refractivity contribution in [2.45, 2.75) is 62.7 Å². The van der Waals surface area contributed by atoms with Crippen molar-refractivity contribution in [3.63, 3.8) is 0 Å². The van der Waals surface area contributed by atoms with Crippen LogP contribution in [0, 0.1) is 10.1 Å². The Kier molecular flexibility index (Phi) is 4.12. The van der Waals surface area contributed by atoms with Gasteiger partial charge in [0.05, 0.1) is 4.92 Å². The first-order valence-electron chi connectivity index (χ1n) is 10.0. The van der Waals surface area contributed by atoms with Gasteiger partial charge in [0.25, 0.3) is 5.69 Å². The highest BCUT2D eigenvalue weighted by molar-refractivity contribution is 5.61. The van der Waals surface area contributed by atoms with E-state index in [2.05, 4.69) is 34.5 Å². The summed E-state index contributed by atoms with van der Waals surface area (Å²) in [4.78, 5) is 13.8. The maximum absolute atomic E-state index is 11.3. The van der Waals surface area contributed by atoms with Crippen LogP contribution in [0.2, 0.25) is 0 Å². The lowest BCUT2D eigenvalue weighted by Crippen LogP contribution is -2.52. The molecule has 3 aliphatic rings. The standard InChI is InChI=1S/C22H25N3O2/c26-25(27)22-8-4-3-7-21(22)23-17-13-18-9-10-19(14-17)24(18)20-11-15-5-1-2-6-16(15)12-20/h1-8,17-20,23H,9-14H2/t17?,18-,19+. The lowest BCUT2D eigenvalue weighted by molar-refractivity contribution is -0.384. The highest BCUT2D eigenvalue weighted by Gasteiger charge is 2.45. The van der Waals surface area contributed by atoms with Gasteiger partial charge in [-0.3, -0.25) is 15.0 Å². The van der Waals surface area contributed by atoms with E-state index in [0.29, 0.717) is 29.9 Å². The van der Waals surface area contributed by atoms with Crippen LogP contribution in [-0.4, -0.2) is 34.0 Å². The van der Waals surface area contributed by atoms with E-state index in [-0.39, 0.29) is 10.6 Å². The van der Waals surface area contributed by atoms with Crippen molar-refractivity contribution in [3.8, 4) is 0 Å². The van der Waals surface area contributed by atoms with Gasteiger partial charge < -0.3 is 5.32 Å². The number of hydrogen-bond donors (Lipinski definition) is 1. The molecule has 1 N–H and O–H groups in total. The van der Waals surface area contributed by atoms with Gasteiger partial charge in [-0.25, -0.2) is 0 Å². The summed E-state index contributed by atoms with van der Waals surface area (Å²) < 4.78 is 0. The topological polar surface area (TPSA) is 58.4 Å². The van der Waals surface area contributed by atoms with Crippen molar-refractivity contribution >= 4 is 11.4 Å². The van der Waals surface area contributed by atoms with Crippen LogP contribution in [0.1, 0.15) is 36.8 Å². The van der Waals surface area contributed by atoms with Gasteiger partial charge in [-0.15, -0.1) is 0 Å². The molecular formula is C22H25N3O2. The number of hydrogen-bond acceptors (Lipinski definition) is 4. The van der Waals surface area contributed by atoms with Crippen LogP contribution in [-0.2, 0) is 12.8 Å². The van der Waals surface area contributed by atoms with Gasteiger partial charge >= 0.3 is 0 Å². The molecule has 5 heteroatoms. The average molecular weight is 363 g/mol. The van der Waals surface area contributed by atoms with E-state index in [1.165, 1.54) is 36.8 Å². The van der Waals surface area contributed by atoms with E-state index < -0.39 is 0 Å². The Balaban J connectivity index is 1.29. The predicted molar refractivity (Wildman–Crippen MR) is 106 cm³/mol. The van der Waals surface area contributed by atoms with E-state index >= 15 is 0 Å². The Bertz CT molecular complexity index is 829. The van der Waals surface area contributed by atoms with Gasteiger partial charge in [-0.1, -0.05) is 36.4 Å². The first kappa shape index (κ1) is 16.8. The number of anilines is 1. The van der Waals surface area contributed by atoms with E-state index in [0.717, 1.165) is 12.8 Å². The number of nitro groups is 1. The molecule has 2 aromatic rings. The smallest absolute Gasteiger partial charge is 0.292 e. The Morgan fingerprint density at radius 3 is 2.11 bits per heavy atom. The minimum atomic E-state index is -0.290. The SMILES string of the molecule is O=[N+]([O-])c1ccccc1NC1C[C@H]2CC[C@@H](C1)N2C1Cc2ccccc2C1. The molecule has 2 aliphatic heterocycles. The van der Waals surface area contributed by atoms with Crippen molar-refractivity contribution in [1.29, 1.82) is 0 Å². The second-order valence-electron chi connectivity index (χ2n) is 8.25.